The van der Waals surface area contributed by atoms with Gasteiger partial charge in [-0.05, 0) is 29.1 Å². The fourth-order valence-corrected chi connectivity index (χ4v) is 3.00. The quantitative estimate of drug-likeness (QED) is 0.627. The van der Waals surface area contributed by atoms with Gasteiger partial charge in [0.1, 0.15) is 0 Å². The van der Waals surface area contributed by atoms with E-state index < -0.39 is 0 Å². The van der Waals surface area contributed by atoms with Crippen LogP contribution in [-0.2, 0) is 6.54 Å². The molecular formula is C16H13N5S. The summed E-state index contributed by atoms with van der Waals surface area (Å²) in [5.41, 5.74) is 4.23. The maximum absolute atomic E-state index is 4.52. The molecule has 6 heteroatoms. The van der Waals surface area contributed by atoms with Crippen LogP contribution in [0.1, 0.15) is 5.56 Å². The zero-order valence-electron chi connectivity index (χ0n) is 11.7. The minimum absolute atomic E-state index is 0.690. The Kier molecular flexibility index (Phi) is 3.29. The zero-order chi connectivity index (χ0) is 14.8. The molecule has 0 fully saturated rings. The minimum Gasteiger partial charge on any atom is -0.363 e. The smallest absolute Gasteiger partial charge is 0.180 e. The molecular weight excluding hydrogens is 294 g/mol. The van der Waals surface area contributed by atoms with Crippen molar-refractivity contribution in [3.63, 3.8) is 0 Å². The summed E-state index contributed by atoms with van der Waals surface area (Å²) < 4.78 is 2.06. The first-order valence-corrected chi connectivity index (χ1v) is 7.83. The van der Waals surface area contributed by atoms with Gasteiger partial charge in [0.2, 0.25) is 0 Å². The summed E-state index contributed by atoms with van der Waals surface area (Å²) >= 11 is 1.68. The second kappa shape index (κ2) is 5.57. The predicted molar refractivity (Wildman–Crippen MR) is 87.9 cm³/mol. The van der Waals surface area contributed by atoms with Crippen molar-refractivity contribution >= 4 is 22.8 Å². The number of nitrogens with one attached hydrogen (secondary N) is 1. The van der Waals surface area contributed by atoms with E-state index in [1.807, 2.05) is 24.5 Å². The molecule has 22 heavy (non-hydrogen) atoms. The Morgan fingerprint density at radius 1 is 1.09 bits per heavy atom. The molecule has 0 unspecified atom stereocenters. The molecule has 108 valence electrons. The van der Waals surface area contributed by atoms with Crippen molar-refractivity contribution in [2.75, 3.05) is 5.32 Å². The first kappa shape index (κ1) is 13.0. The molecule has 0 saturated carbocycles. The number of hydrogen-bond acceptors (Lipinski definition) is 5. The summed E-state index contributed by atoms with van der Waals surface area (Å²) in [7, 11) is 0. The SMILES string of the molecule is c1cc(CNc2nccn3c(-c4ccsc4)cnc23)ccn1. The summed E-state index contributed by atoms with van der Waals surface area (Å²) in [5.74, 6) is 0.779. The van der Waals surface area contributed by atoms with E-state index in [2.05, 4.69) is 41.5 Å². The van der Waals surface area contributed by atoms with Gasteiger partial charge in [0.25, 0.3) is 0 Å². The average Bonchev–Trinajstić information content (AvgIpc) is 3.22. The molecule has 0 saturated heterocycles. The van der Waals surface area contributed by atoms with E-state index in [0.29, 0.717) is 6.54 Å². The molecule has 0 aliphatic rings. The molecule has 0 amide bonds. The van der Waals surface area contributed by atoms with Crippen LogP contribution in [0.3, 0.4) is 0 Å². The molecule has 0 radical (unpaired) electrons. The van der Waals surface area contributed by atoms with E-state index in [4.69, 9.17) is 0 Å². The highest BCUT2D eigenvalue weighted by Crippen LogP contribution is 2.25. The van der Waals surface area contributed by atoms with Gasteiger partial charge in [0.15, 0.2) is 11.5 Å². The third-order valence-corrected chi connectivity index (χ3v) is 4.14. The highest BCUT2D eigenvalue weighted by molar-refractivity contribution is 7.08. The lowest BCUT2D eigenvalue weighted by Crippen LogP contribution is -2.03. The van der Waals surface area contributed by atoms with Crippen LogP contribution in [0, 0.1) is 0 Å². The van der Waals surface area contributed by atoms with Crippen LogP contribution >= 0.6 is 11.3 Å². The van der Waals surface area contributed by atoms with Gasteiger partial charge in [-0.25, -0.2) is 9.97 Å². The molecule has 4 aromatic heterocycles. The van der Waals surface area contributed by atoms with Gasteiger partial charge in [-0.2, -0.15) is 11.3 Å². The van der Waals surface area contributed by atoms with Crippen molar-refractivity contribution in [2.24, 2.45) is 0 Å². The van der Waals surface area contributed by atoms with Gasteiger partial charge in [-0.3, -0.25) is 9.38 Å². The van der Waals surface area contributed by atoms with Gasteiger partial charge >= 0.3 is 0 Å². The highest BCUT2D eigenvalue weighted by Gasteiger charge is 2.10. The first-order valence-electron chi connectivity index (χ1n) is 6.89. The monoisotopic (exact) mass is 307 g/mol. The van der Waals surface area contributed by atoms with Crippen molar-refractivity contribution in [1.29, 1.82) is 0 Å². The highest BCUT2D eigenvalue weighted by atomic mass is 32.1. The van der Waals surface area contributed by atoms with Crippen LogP contribution < -0.4 is 5.32 Å². The van der Waals surface area contributed by atoms with E-state index in [9.17, 15) is 0 Å². The van der Waals surface area contributed by atoms with Gasteiger partial charge < -0.3 is 5.32 Å². The maximum atomic E-state index is 4.52. The Hall–Kier alpha value is -2.73. The summed E-state index contributed by atoms with van der Waals surface area (Å²) in [4.78, 5) is 12.9. The van der Waals surface area contributed by atoms with Crippen molar-refractivity contribution in [1.82, 2.24) is 19.4 Å². The summed E-state index contributed by atoms with van der Waals surface area (Å²) in [5, 5.41) is 7.53. The van der Waals surface area contributed by atoms with Crippen LogP contribution in [0.5, 0.6) is 0 Å². The van der Waals surface area contributed by atoms with Crippen LogP contribution in [0.2, 0.25) is 0 Å². The molecule has 0 aliphatic carbocycles. The Labute approximate surface area is 131 Å². The van der Waals surface area contributed by atoms with Gasteiger partial charge in [0, 0.05) is 42.3 Å². The number of anilines is 1. The minimum atomic E-state index is 0.690. The number of aromatic nitrogens is 4. The van der Waals surface area contributed by atoms with E-state index in [1.54, 1.807) is 29.9 Å². The molecule has 5 nitrogen and oxygen atoms in total. The largest absolute Gasteiger partial charge is 0.363 e. The molecule has 0 bridgehead atoms. The van der Waals surface area contributed by atoms with Crippen molar-refractivity contribution < 1.29 is 0 Å². The Balaban J connectivity index is 1.67. The normalized spacial score (nSPS) is 10.9. The number of pyridine rings is 1. The zero-order valence-corrected chi connectivity index (χ0v) is 12.5. The second-order valence-electron chi connectivity index (χ2n) is 4.83. The number of fused-ring (bicyclic) bond motifs is 1. The third-order valence-electron chi connectivity index (χ3n) is 3.45. The van der Waals surface area contributed by atoms with E-state index in [0.717, 1.165) is 22.7 Å². The van der Waals surface area contributed by atoms with Crippen molar-refractivity contribution in [3.8, 4) is 11.3 Å². The number of rotatable bonds is 4. The van der Waals surface area contributed by atoms with Crippen molar-refractivity contribution in [2.45, 2.75) is 6.54 Å². The van der Waals surface area contributed by atoms with Gasteiger partial charge in [0.05, 0.1) is 11.9 Å². The molecule has 4 rings (SSSR count). The molecule has 0 spiro atoms. The standard InChI is InChI=1S/C16H13N5S/c1-4-17-5-2-12(1)9-19-15-16-20-10-14(13-3-8-22-11-13)21(16)7-6-18-15/h1-8,10-11H,9H2,(H,18,19). The van der Waals surface area contributed by atoms with Crippen molar-refractivity contribution in [3.05, 3.63) is 65.5 Å². The van der Waals surface area contributed by atoms with E-state index in [-0.39, 0.29) is 0 Å². The first-order chi connectivity index (χ1) is 10.9. The molecule has 1 N–H and O–H groups in total. The number of hydrogen-bond donors (Lipinski definition) is 1. The Morgan fingerprint density at radius 2 is 2.00 bits per heavy atom. The lowest BCUT2D eigenvalue weighted by Gasteiger charge is -2.07. The Bertz CT molecular complexity index is 883. The summed E-state index contributed by atoms with van der Waals surface area (Å²) in [6.07, 6.45) is 9.19. The predicted octanol–water partition coefficient (Wildman–Crippen LogP) is 3.46. The fourth-order valence-electron chi connectivity index (χ4n) is 2.35. The fraction of sp³-hybridized carbons (Fsp3) is 0.0625. The van der Waals surface area contributed by atoms with Crippen LogP contribution in [0.25, 0.3) is 16.9 Å². The van der Waals surface area contributed by atoms with Crippen LogP contribution in [0.15, 0.2) is 59.9 Å². The lowest BCUT2D eigenvalue weighted by molar-refractivity contribution is 1.07. The Morgan fingerprint density at radius 3 is 2.82 bits per heavy atom. The summed E-state index contributed by atoms with van der Waals surface area (Å²) in [6.45, 7) is 0.690. The van der Waals surface area contributed by atoms with Gasteiger partial charge in [-0.15, -0.1) is 0 Å². The topological polar surface area (TPSA) is 55.1 Å². The van der Waals surface area contributed by atoms with E-state index >= 15 is 0 Å². The van der Waals surface area contributed by atoms with E-state index in [1.165, 1.54) is 5.56 Å². The molecule has 0 aliphatic heterocycles. The lowest BCUT2D eigenvalue weighted by atomic mass is 10.2. The molecule has 0 aromatic carbocycles. The number of nitrogens with zero attached hydrogens (tertiary/aromatic N) is 4. The van der Waals surface area contributed by atoms with Crippen LogP contribution in [0.4, 0.5) is 5.82 Å². The van der Waals surface area contributed by atoms with Crippen LogP contribution in [-0.4, -0.2) is 19.4 Å². The number of imidazole rings is 1. The molecule has 0 atom stereocenters. The summed E-state index contributed by atoms with van der Waals surface area (Å²) in [6, 6.07) is 6.06. The third kappa shape index (κ3) is 2.33. The maximum Gasteiger partial charge on any atom is 0.180 e. The second-order valence-corrected chi connectivity index (χ2v) is 5.61. The van der Waals surface area contributed by atoms with Gasteiger partial charge in [-0.1, -0.05) is 0 Å². The molecule has 4 heterocycles. The average molecular weight is 307 g/mol. The molecule has 4 aromatic rings. The number of thiophene rings is 1.